The summed E-state index contributed by atoms with van der Waals surface area (Å²) < 4.78 is 0. The smallest absolute Gasteiger partial charge is 0.134 e. The molecule has 0 saturated carbocycles. The van der Waals surface area contributed by atoms with Gasteiger partial charge in [0.25, 0.3) is 0 Å². The number of hydrogen-bond donors (Lipinski definition) is 1. The highest BCUT2D eigenvalue weighted by atomic mass is 15.1. The van der Waals surface area contributed by atoms with Crippen LogP contribution < -0.4 is 5.32 Å². The van der Waals surface area contributed by atoms with E-state index in [-0.39, 0.29) is 17.9 Å². The van der Waals surface area contributed by atoms with Gasteiger partial charge in [-0.25, -0.2) is 9.98 Å². The number of allylic oxidation sites excluding steroid dienone is 2. The van der Waals surface area contributed by atoms with Crippen LogP contribution in [0.4, 0.5) is 0 Å². The number of aliphatic imine (C=N–C) groups is 2. The van der Waals surface area contributed by atoms with Gasteiger partial charge in [0.2, 0.25) is 0 Å². The van der Waals surface area contributed by atoms with Gasteiger partial charge >= 0.3 is 0 Å². The Bertz CT molecular complexity index is 2890. The molecule has 0 fully saturated rings. The van der Waals surface area contributed by atoms with E-state index in [2.05, 4.69) is 216 Å². The molecular formula is C60H53N3. The van der Waals surface area contributed by atoms with E-state index >= 15 is 0 Å². The van der Waals surface area contributed by atoms with Crippen molar-refractivity contribution in [3.05, 3.63) is 245 Å². The number of benzene rings is 7. The van der Waals surface area contributed by atoms with E-state index in [4.69, 9.17) is 16.4 Å². The normalized spacial score (nSPS) is 14.5. The quantitative estimate of drug-likeness (QED) is 0.0968. The van der Waals surface area contributed by atoms with E-state index in [1.807, 2.05) is 24.3 Å². The third kappa shape index (κ3) is 9.23. The van der Waals surface area contributed by atoms with Crippen molar-refractivity contribution >= 4 is 28.5 Å². The lowest BCUT2D eigenvalue weighted by Crippen LogP contribution is -2.35. The van der Waals surface area contributed by atoms with Gasteiger partial charge in [0.1, 0.15) is 5.84 Å². The Morgan fingerprint density at radius 3 is 1.71 bits per heavy atom. The average molecular weight is 816 g/mol. The first-order valence-electron chi connectivity index (χ1n) is 21.8. The number of hydrogen-bond acceptors (Lipinski definition) is 3. The average Bonchev–Trinajstić information content (AvgIpc) is 3.34. The summed E-state index contributed by atoms with van der Waals surface area (Å²) in [6, 6.07) is 65.5. The summed E-state index contributed by atoms with van der Waals surface area (Å²) in [7, 11) is 0. The summed E-state index contributed by atoms with van der Waals surface area (Å²) in [6.45, 7) is 15.6. The number of nitrogens with zero attached hydrogens (tertiary/aromatic N) is 2. The second kappa shape index (κ2) is 19.0. The molecule has 0 saturated heterocycles. The number of nitrogens with one attached hydrogen (secondary N) is 1. The maximum absolute atomic E-state index is 6.26. The number of terminal acetylenes is 1. The van der Waals surface area contributed by atoms with Crippen molar-refractivity contribution < 1.29 is 0 Å². The van der Waals surface area contributed by atoms with Gasteiger partial charge in [-0.2, -0.15) is 0 Å². The lowest BCUT2D eigenvalue weighted by Gasteiger charge is -2.32. The van der Waals surface area contributed by atoms with E-state index in [9.17, 15) is 0 Å². The van der Waals surface area contributed by atoms with Gasteiger partial charge in [-0.05, 0) is 80.5 Å². The zero-order chi connectivity index (χ0) is 43.9. The van der Waals surface area contributed by atoms with Crippen LogP contribution in [0.3, 0.4) is 0 Å². The van der Waals surface area contributed by atoms with Crippen LogP contribution >= 0.6 is 0 Å². The SMILES string of the molecule is C#Cc1cc(-c2ccc(C3NC(c4ccccc4)=NC(c4ccccc4)=C3C(C)C)cc2)ccc1-c1ccc(C(=N/C(=C)c2ccccc2)/C(=C(\C)c2ccccc2)C(C)C)cc1. The summed E-state index contributed by atoms with van der Waals surface area (Å²) in [5.74, 6) is 4.35. The molecule has 3 nitrogen and oxygen atoms in total. The lowest BCUT2D eigenvalue weighted by atomic mass is 9.85. The van der Waals surface area contributed by atoms with Crippen molar-refractivity contribution in [3.63, 3.8) is 0 Å². The third-order valence-corrected chi connectivity index (χ3v) is 11.8. The minimum atomic E-state index is -0.0510. The molecule has 1 aliphatic heterocycles. The molecule has 0 spiro atoms. The largest absolute Gasteiger partial charge is 0.359 e. The fraction of sp³-hybridized carbons (Fsp3) is 0.133. The molecular weight excluding hydrogens is 763 g/mol. The maximum Gasteiger partial charge on any atom is 0.134 e. The van der Waals surface area contributed by atoms with Crippen LogP contribution in [0.5, 0.6) is 0 Å². The van der Waals surface area contributed by atoms with Gasteiger partial charge in [-0.1, -0.05) is 222 Å². The molecule has 308 valence electrons. The van der Waals surface area contributed by atoms with Crippen molar-refractivity contribution in [2.75, 3.05) is 0 Å². The highest BCUT2D eigenvalue weighted by Crippen LogP contribution is 2.39. The van der Waals surface area contributed by atoms with E-state index < -0.39 is 0 Å². The summed E-state index contributed by atoms with van der Waals surface area (Å²) >= 11 is 0. The van der Waals surface area contributed by atoms with E-state index in [0.29, 0.717) is 0 Å². The fourth-order valence-electron chi connectivity index (χ4n) is 8.61. The molecule has 1 atom stereocenters. The van der Waals surface area contributed by atoms with Gasteiger partial charge in [0, 0.05) is 22.3 Å². The number of rotatable bonds is 12. The minimum absolute atomic E-state index is 0.0510. The molecule has 0 aliphatic carbocycles. The van der Waals surface area contributed by atoms with Crippen LogP contribution in [0.1, 0.15) is 79.6 Å². The highest BCUT2D eigenvalue weighted by Gasteiger charge is 2.29. The van der Waals surface area contributed by atoms with E-state index in [1.165, 1.54) is 27.8 Å². The zero-order valence-electron chi connectivity index (χ0n) is 36.8. The molecule has 1 heterocycles. The van der Waals surface area contributed by atoms with Crippen molar-refractivity contribution in [1.29, 1.82) is 0 Å². The Morgan fingerprint density at radius 2 is 1.14 bits per heavy atom. The third-order valence-electron chi connectivity index (χ3n) is 11.8. The molecule has 0 amide bonds. The van der Waals surface area contributed by atoms with Gasteiger partial charge in [0.05, 0.1) is 23.1 Å². The Labute approximate surface area is 374 Å². The summed E-state index contributed by atoms with van der Waals surface area (Å²) in [5, 5.41) is 3.82. The van der Waals surface area contributed by atoms with Crippen LogP contribution in [0, 0.1) is 24.2 Å². The van der Waals surface area contributed by atoms with Crippen molar-refractivity contribution in [2.24, 2.45) is 21.8 Å². The van der Waals surface area contributed by atoms with Crippen molar-refractivity contribution in [2.45, 2.75) is 40.7 Å². The Balaban J connectivity index is 1.11. The van der Waals surface area contributed by atoms with Gasteiger partial charge in [0.15, 0.2) is 0 Å². The second-order valence-corrected chi connectivity index (χ2v) is 16.7. The molecule has 1 aliphatic rings. The van der Waals surface area contributed by atoms with Crippen LogP contribution in [0.2, 0.25) is 0 Å². The van der Waals surface area contributed by atoms with E-state index in [1.54, 1.807) is 0 Å². The molecule has 7 aromatic rings. The molecule has 3 heteroatoms. The van der Waals surface area contributed by atoms with E-state index in [0.717, 1.165) is 73.0 Å². The standard InChI is InChI=1S/C60H53N3/c1-8-44-39-53(47-29-33-51(34-30-47)59-56(41(4)5)58(49-25-17-11-18-26-49)62-60(63-59)52-27-19-12-20-28-52)37-38-54(44)48-31-35-50(36-32-48)57(61-43(7)46-23-15-10-16-24-46)55(40(2)3)42(6)45-21-13-9-14-22-45/h1,9-41,59H,7H2,2-6H3,(H,62,63)/b55-42+,61-57-. The van der Waals surface area contributed by atoms with Gasteiger partial charge < -0.3 is 5.32 Å². The summed E-state index contributed by atoms with van der Waals surface area (Å²) in [5.41, 5.74) is 17.9. The van der Waals surface area contributed by atoms with Crippen LogP contribution in [0.25, 0.3) is 39.2 Å². The van der Waals surface area contributed by atoms with Crippen LogP contribution in [-0.2, 0) is 0 Å². The molecule has 0 bridgehead atoms. The molecule has 63 heavy (non-hydrogen) atoms. The summed E-state index contributed by atoms with van der Waals surface area (Å²) in [6.07, 6.45) is 6.26. The highest BCUT2D eigenvalue weighted by molar-refractivity contribution is 6.18. The van der Waals surface area contributed by atoms with Crippen molar-refractivity contribution in [3.8, 4) is 34.6 Å². The van der Waals surface area contributed by atoms with Crippen LogP contribution in [0.15, 0.2) is 216 Å². The fourth-order valence-corrected chi connectivity index (χ4v) is 8.61. The van der Waals surface area contributed by atoms with Crippen molar-refractivity contribution in [1.82, 2.24) is 5.32 Å². The Hall–Kier alpha value is -7.54. The monoisotopic (exact) mass is 815 g/mol. The first-order valence-corrected chi connectivity index (χ1v) is 21.8. The van der Waals surface area contributed by atoms with Gasteiger partial charge in [-0.3, -0.25) is 0 Å². The minimum Gasteiger partial charge on any atom is -0.359 e. The predicted octanol–water partition coefficient (Wildman–Crippen LogP) is 14.7. The molecule has 7 aromatic carbocycles. The topological polar surface area (TPSA) is 36.8 Å². The number of amidine groups is 1. The van der Waals surface area contributed by atoms with Crippen LogP contribution in [-0.4, -0.2) is 11.5 Å². The first kappa shape index (κ1) is 42.2. The molecule has 1 N–H and O–H groups in total. The maximum atomic E-state index is 6.26. The zero-order valence-corrected chi connectivity index (χ0v) is 36.8. The molecule has 0 aromatic heterocycles. The second-order valence-electron chi connectivity index (χ2n) is 16.7. The molecule has 8 rings (SSSR count). The lowest BCUT2D eigenvalue weighted by molar-refractivity contribution is 0.619. The predicted molar refractivity (Wildman–Crippen MR) is 268 cm³/mol. The van der Waals surface area contributed by atoms with Gasteiger partial charge in [-0.15, -0.1) is 6.42 Å². The molecule has 0 radical (unpaired) electrons. The first-order chi connectivity index (χ1) is 30.7. The summed E-state index contributed by atoms with van der Waals surface area (Å²) in [4.78, 5) is 10.5. The Kier molecular flexibility index (Phi) is 12.7. The molecule has 1 unspecified atom stereocenters. The Morgan fingerprint density at radius 1 is 0.603 bits per heavy atom.